The molecule has 0 amide bonds. The van der Waals surface area contributed by atoms with Gasteiger partial charge in [0.2, 0.25) is 5.88 Å². The van der Waals surface area contributed by atoms with E-state index in [2.05, 4.69) is 30.9 Å². The minimum absolute atomic E-state index is 0.138. The maximum absolute atomic E-state index is 11.9. The molecule has 0 bridgehead atoms. The van der Waals surface area contributed by atoms with Gasteiger partial charge in [0, 0.05) is 49.1 Å². The molecule has 0 saturated carbocycles. The molecule has 0 saturated heterocycles. The molecule has 3 heterocycles. The standard InChI is InChI=1S/C22H14Cl2N2O3S.C17H10BrCl2NO2S/c1-29-20-4-2-3-18(25-20)14-7-5-13(9-15(14)22(27)28)21-26-19(11-30-21)12-6-8-16(23)17(24)10-12;1-23-17(22)11-6-10(2-4-12(11)18)16-21-15(8-24-16)9-3-5-13(19)14(20)7-9/h2-11H,1H3,(H,27,28);2-8H,1H3. The topological polar surface area (TPSA) is 112 Å². The van der Waals surface area contributed by atoms with Crippen LogP contribution in [0.25, 0.3) is 54.9 Å². The van der Waals surface area contributed by atoms with Gasteiger partial charge in [0.1, 0.15) is 10.0 Å². The third-order valence-corrected chi connectivity index (χ3v) is 11.7. The van der Waals surface area contributed by atoms with E-state index in [0.717, 1.165) is 33.1 Å². The van der Waals surface area contributed by atoms with E-state index in [-0.39, 0.29) is 5.56 Å². The Morgan fingerprint density at radius 1 is 0.630 bits per heavy atom. The molecule has 0 spiro atoms. The van der Waals surface area contributed by atoms with Gasteiger partial charge in [-0.1, -0.05) is 82.8 Å². The van der Waals surface area contributed by atoms with Crippen LogP contribution in [-0.2, 0) is 4.74 Å². The van der Waals surface area contributed by atoms with Crippen LogP contribution in [0.15, 0.2) is 106 Å². The van der Waals surface area contributed by atoms with Crippen molar-refractivity contribution in [3.63, 3.8) is 0 Å². The Morgan fingerprint density at radius 2 is 1.17 bits per heavy atom. The van der Waals surface area contributed by atoms with E-state index in [1.165, 1.54) is 36.9 Å². The lowest BCUT2D eigenvalue weighted by molar-refractivity contribution is 0.0598. The van der Waals surface area contributed by atoms with Gasteiger partial charge in [-0.25, -0.2) is 24.5 Å². The van der Waals surface area contributed by atoms with Crippen LogP contribution >= 0.6 is 85.0 Å². The second kappa shape index (κ2) is 17.4. The monoisotopic (exact) mass is 897 g/mol. The molecule has 7 rings (SSSR count). The number of thiazole rings is 2. The van der Waals surface area contributed by atoms with E-state index in [4.69, 9.17) is 55.9 Å². The zero-order valence-electron chi connectivity index (χ0n) is 27.9. The number of hydrogen-bond donors (Lipinski definition) is 1. The summed E-state index contributed by atoms with van der Waals surface area (Å²) in [5.41, 5.74) is 6.44. The lowest BCUT2D eigenvalue weighted by atomic mass is 10.0. The minimum atomic E-state index is -1.04. The Balaban J connectivity index is 0.000000189. The maximum atomic E-state index is 11.9. The van der Waals surface area contributed by atoms with Crippen molar-refractivity contribution in [2.24, 2.45) is 0 Å². The minimum Gasteiger partial charge on any atom is -0.481 e. The molecule has 15 heteroatoms. The van der Waals surface area contributed by atoms with Crippen molar-refractivity contribution in [2.75, 3.05) is 14.2 Å². The predicted octanol–water partition coefficient (Wildman–Crippen LogP) is 12.9. The number of hydrogen-bond acceptors (Lipinski definition) is 9. The SMILES string of the molecule is COC(=O)c1cc(-c2nc(-c3ccc(Cl)c(Cl)c3)cs2)ccc1Br.COc1cccc(-c2ccc(-c3nc(-c4ccc(Cl)c(Cl)c4)cs3)cc2C(=O)O)n1. The molecule has 0 atom stereocenters. The second-order valence-corrected chi connectivity index (χ2v) is 15.3. The Hall–Kier alpha value is -4.33. The number of halogens is 5. The molecule has 0 aliphatic heterocycles. The summed E-state index contributed by atoms with van der Waals surface area (Å²) in [5, 5.41) is 17.0. The largest absolute Gasteiger partial charge is 0.481 e. The fraction of sp³-hybridized carbons (Fsp3) is 0.0513. The Morgan fingerprint density at radius 3 is 1.69 bits per heavy atom. The molecule has 0 radical (unpaired) electrons. The average molecular weight is 900 g/mol. The first-order valence-electron chi connectivity index (χ1n) is 15.5. The molecular formula is C39H24BrCl4N3O5S2. The second-order valence-electron chi connectivity index (χ2n) is 11.2. The molecule has 54 heavy (non-hydrogen) atoms. The summed E-state index contributed by atoms with van der Waals surface area (Å²) in [6, 6.07) is 26.6. The van der Waals surface area contributed by atoms with Gasteiger partial charge in [-0.15, -0.1) is 22.7 Å². The summed E-state index contributed by atoms with van der Waals surface area (Å²) in [7, 11) is 2.87. The van der Waals surface area contributed by atoms with Crippen molar-refractivity contribution in [2.45, 2.75) is 0 Å². The first kappa shape index (κ1) is 39.4. The first-order chi connectivity index (χ1) is 25.9. The number of carboxylic acids is 1. The van der Waals surface area contributed by atoms with Crippen LogP contribution in [0.4, 0.5) is 0 Å². The molecular weight excluding hydrogens is 876 g/mol. The molecule has 8 nitrogen and oxygen atoms in total. The fourth-order valence-electron chi connectivity index (χ4n) is 5.07. The Bertz CT molecular complexity index is 2530. The van der Waals surface area contributed by atoms with Crippen molar-refractivity contribution < 1.29 is 24.2 Å². The highest BCUT2D eigenvalue weighted by Gasteiger charge is 2.18. The summed E-state index contributed by atoms with van der Waals surface area (Å²) in [6.45, 7) is 0. The summed E-state index contributed by atoms with van der Waals surface area (Å²) >= 11 is 30.4. The number of methoxy groups -OCH3 is 2. The van der Waals surface area contributed by atoms with Gasteiger partial charge in [0.25, 0.3) is 0 Å². The van der Waals surface area contributed by atoms with E-state index < -0.39 is 11.9 Å². The number of esters is 1. The highest BCUT2D eigenvalue weighted by molar-refractivity contribution is 9.10. The number of rotatable bonds is 8. The number of carboxylic acid groups (broad SMARTS) is 1. The molecule has 3 aromatic heterocycles. The fourth-order valence-corrected chi connectivity index (χ4v) is 7.73. The zero-order chi connectivity index (χ0) is 38.5. The number of nitrogens with zero attached hydrogens (tertiary/aromatic N) is 3. The summed E-state index contributed by atoms with van der Waals surface area (Å²) in [5.74, 6) is -1.03. The van der Waals surface area contributed by atoms with Crippen molar-refractivity contribution in [1.29, 1.82) is 0 Å². The van der Waals surface area contributed by atoms with E-state index in [1.807, 2.05) is 41.1 Å². The third-order valence-electron chi connectivity index (χ3n) is 7.76. The molecule has 1 N–H and O–H groups in total. The van der Waals surface area contributed by atoms with Crippen LogP contribution in [0.3, 0.4) is 0 Å². The number of ether oxygens (including phenoxy) is 2. The van der Waals surface area contributed by atoms with Crippen molar-refractivity contribution in [3.05, 3.63) is 137 Å². The molecule has 0 unspecified atom stereocenters. The molecule has 0 aliphatic carbocycles. The number of aromatic nitrogens is 3. The molecule has 4 aromatic carbocycles. The molecule has 0 aliphatic rings. The van der Waals surface area contributed by atoms with E-state index in [1.54, 1.807) is 60.7 Å². The number of carbonyl (C=O) groups is 2. The zero-order valence-corrected chi connectivity index (χ0v) is 34.2. The normalized spacial score (nSPS) is 10.7. The molecule has 272 valence electrons. The maximum Gasteiger partial charge on any atom is 0.339 e. The van der Waals surface area contributed by atoms with Crippen molar-refractivity contribution >= 4 is 96.9 Å². The number of carbonyl (C=O) groups excluding carboxylic acids is 1. The van der Waals surface area contributed by atoms with E-state index in [0.29, 0.717) is 57.8 Å². The molecule has 7 aromatic rings. The quantitative estimate of drug-likeness (QED) is 0.150. The van der Waals surface area contributed by atoms with Gasteiger partial charge in [0.15, 0.2) is 0 Å². The van der Waals surface area contributed by atoms with Crippen molar-refractivity contribution in [1.82, 2.24) is 15.0 Å². The van der Waals surface area contributed by atoms with Gasteiger partial charge < -0.3 is 14.6 Å². The van der Waals surface area contributed by atoms with E-state index >= 15 is 0 Å². The van der Waals surface area contributed by atoms with E-state index in [9.17, 15) is 14.7 Å². The van der Waals surface area contributed by atoms with Crippen LogP contribution in [0.2, 0.25) is 20.1 Å². The highest BCUT2D eigenvalue weighted by atomic mass is 79.9. The summed E-state index contributed by atoms with van der Waals surface area (Å²) in [6.07, 6.45) is 0. The number of aromatic carboxylic acids is 1. The van der Waals surface area contributed by atoms with Gasteiger partial charge in [-0.05, 0) is 64.5 Å². The average Bonchev–Trinajstić information content (AvgIpc) is 3.89. The first-order valence-corrected chi connectivity index (χ1v) is 19.6. The lowest BCUT2D eigenvalue weighted by Crippen LogP contribution is -2.02. The highest BCUT2D eigenvalue weighted by Crippen LogP contribution is 2.36. The smallest absolute Gasteiger partial charge is 0.339 e. The number of benzene rings is 4. The van der Waals surface area contributed by atoms with Gasteiger partial charge >= 0.3 is 11.9 Å². The van der Waals surface area contributed by atoms with Crippen LogP contribution in [-0.4, -0.2) is 46.2 Å². The van der Waals surface area contributed by atoms with Crippen molar-refractivity contribution in [3.8, 4) is 60.8 Å². The Labute approximate surface area is 346 Å². The number of pyridine rings is 1. The van der Waals surface area contributed by atoms with Crippen LogP contribution < -0.4 is 4.74 Å². The van der Waals surface area contributed by atoms with Gasteiger partial charge in [-0.2, -0.15) is 0 Å². The van der Waals surface area contributed by atoms with Gasteiger partial charge in [0.05, 0.1) is 62.5 Å². The lowest BCUT2D eigenvalue weighted by Gasteiger charge is -2.09. The predicted molar refractivity (Wildman–Crippen MR) is 222 cm³/mol. The van der Waals surface area contributed by atoms with Crippen LogP contribution in [0.5, 0.6) is 5.88 Å². The van der Waals surface area contributed by atoms with Crippen LogP contribution in [0, 0.1) is 0 Å². The molecule has 0 fully saturated rings. The third kappa shape index (κ3) is 8.96. The summed E-state index contributed by atoms with van der Waals surface area (Å²) < 4.78 is 10.6. The summed E-state index contributed by atoms with van der Waals surface area (Å²) in [4.78, 5) is 37.4. The Kier molecular flexibility index (Phi) is 12.7. The van der Waals surface area contributed by atoms with Crippen LogP contribution in [0.1, 0.15) is 20.7 Å². The van der Waals surface area contributed by atoms with Gasteiger partial charge in [-0.3, -0.25) is 0 Å².